The van der Waals surface area contributed by atoms with E-state index in [0.717, 1.165) is 24.5 Å². The van der Waals surface area contributed by atoms with Crippen molar-refractivity contribution in [3.8, 4) is 5.75 Å². The van der Waals surface area contributed by atoms with Crippen LogP contribution in [0.4, 0.5) is 0 Å². The van der Waals surface area contributed by atoms with E-state index >= 15 is 0 Å². The zero-order chi connectivity index (χ0) is 14.4. The van der Waals surface area contributed by atoms with Crippen molar-refractivity contribution >= 4 is 0 Å². The Morgan fingerprint density at radius 2 is 2.00 bits per heavy atom. The Kier molecular flexibility index (Phi) is 5.15. The van der Waals surface area contributed by atoms with E-state index in [1.807, 2.05) is 18.2 Å². The molecule has 2 N–H and O–H groups in total. The fourth-order valence-electron chi connectivity index (χ4n) is 2.11. The first-order valence-electron chi connectivity index (χ1n) is 6.69. The fraction of sp³-hybridized carbons (Fsp3) is 0.400. The molecule has 0 spiro atoms. The molecule has 1 aromatic heterocycles. The molecule has 20 heavy (non-hydrogen) atoms. The van der Waals surface area contributed by atoms with E-state index in [1.165, 1.54) is 5.56 Å². The topological polar surface area (TPSA) is 53.2 Å². The summed E-state index contributed by atoms with van der Waals surface area (Å²) in [7, 11) is 5.84. The smallest absolute Gasteiger partial charge is 0.118 e. The number of ether oxygens (including phenoxy) is 1. The number of hydrogen-bond donors (Lipinski definition) is 2. The van der Waals surface area contributed by atoms with Crippen molar-refractivity contribution in [2.75, 3.05) is 27.7 Å². The number of methoxy groups -OCH3 is 1. The maximum absolute atomic E-state index is 5.20. The van der Waals surface area contributed by atoms with Crippen LogP contribution in [0.25, 0.3) is 0 Å². The Hall–Kier alpha value is -1.85. The van der Waals surface area contributed by atoms with Gasteiger partial charge in [0.25, 0.3) is 0 Å². The molecule has 0 aliphatic rings. The molecule has 1 atom stereocenters. The van der Waals surface area contributed by atoms with Gasteiger partial charge in [0.15, 0.2) is 0 Å². The van der Waals surface area contributed by atoms with Crippen LogP contribution in [0.2, 0.25) is 0 Å². The quantitative estimate of drug-likeness (QED) is 0.808. The van der Waals surface area contributed by atoms with Crippen molar-refractivity contribution in [3.63, 3.8) is 0 Å². The molecule has 1 aromatic carbocycles. The third-order valence-corrected chi connectivity index (χ3v) is 3.16. The lowest BCUT2D eigenvalue weighted by Crippen LogP contribution is -2.31. The monoisotopic (exact) mass is 274 g/mol. The number of nitrogens with zero attached hydrogens (tertiary/aromatic N) is 2. The van der Waals surface area contributed by atoms with Crippen molar-refractivity contribution in [3.05, 3.63) is 47.8 Å². The van der Waals surface area contributed by atoms with Crippen LogP contribution in [0, 0.1) is 0 Å². The highest BCUT2D eigenvalue weighted by Crippen LogP contribution is 2.18. The predicted molar refractivity (Wildman–Crippen MR) is 79.7 cm³/mol. The number of aromatic amines is 1. The van der Waals surface area contributed by atoms with Crippen molar-refractivity contribution in [1.29, 1.82) is 0 Å². The SMILES string of the molecule is COc1ccc(C(CN(C)C)NCc2ccn[nH]2)cc1. The van der Waals surface area contributed by atoms with Gasteiger partial charge in [0.2, 0.25) is 0 Å². The average Bonchev–Trinajstić information content (AvgIpc) is 2.96. The van der Waals surface area contributed by atoms with E-state index in [0.29, 0.717) is 0 Å². The summed E-state index contributed by atoms with van der Waals surface area (Å²) >= 11 is 0. The summed E-state index contributed by atoms with van der Waals surface area (Å²) < 4.78 is 5.20. The average molecular weight is 274 g/mol. The Morgan fingerprint density at radius 3 is 2.55 bits per heavy atom. The van der Waals surface area contributed by atoms with Gasteiger partial charge in [0.05, 0.1) is 7.11 Å². The molecule has 0 aliphatic heterocycles. The van der Waals surface area contributed by atoms with Gasteiger partial charge in [-0.3, -0.25) is 5.10 Å². The minimum absolute atomic E-state index is 0.263. The summed E-state index contributed by atoms with van der Waals surface area (Å²) in [6.07, 6.45) is 1.77. The van der Waals surface area contributed by atoms with Crippen molar-refractivity contribution in [1.82, 2.24) is 20.4 Å². The van der Waals surface area contributed by atoms with E-state index in [1.54, 1.807) is 13.3 Å². The highest BCUT2D eigenvalue weighted by atomic mass is 16.5. The van der Waals surface area contributed by atoms with Crippen molar-refractivity contribution in [2.45, 2.75) is 12.6 Å². The number of nitrogens with one attached hydrogen (secondary N) is 2. The summed E-state index contributed by atoms with van der Waals surface area (Å²) in [5.41, 5.74) is 2.33. The van der Waals surface area contributed by atoms with Gasteiger partial charge < -0.3 is 15.0 Å². The number of aromatic nitrogens is 2. The third kappa shape index (κ3) is 4.08. The predicted octanol–water partition coefficient (Wildman–Crippen LogP) is 1.81. The Balaban J connectivity index is 2.05. The molecule has 1 unspecified atom stereocenters. The second-order valence-electron chi connectivity index (χ2n) is 5.05. The van der Waals surface area contributed by atoms with Gasteiger partial charge in [-0.2, -0.15) is 5.10 Å². The molecule has 0 amide bonds. The highest BCUT2D eigenvalue weighted by molar-refractivity contribution is 5.29. The fourth-order valence-corrected chi connectivity index (χ4v) is 2.11. The van der Waals surface area contributed by atoms with E-state index in [-0.39, 0.29) is 6.04 Å². The van der Waals surface area contributed by atoms with E-state index < -0.39 is 0 Å². The maximum atomic E-state index is 5.20. The lowest BCUT2D eigenvalue weighted by atomic mass is 10.1. The molecule has 0 saturated heterocycles. The zero-order valence-electron chi connectivity index (χ0n) is 12.3. The summed E-state index contributed by atoms with van der Waals surface area (Å²) in [6.45, 7) is 1.70. The molecule has 5 nitrogen and oxygen atoms in total. The number of rotatable bonds is 7. The Labute approximate surface area is 119 Å². The molecule has 0 bridgehead atoms. The van der Waals surface area contributed by atoms with Gasteiger partial charge >= 0.3 is 0 Å². The second-order valence-corrected chi connectivity index (χ2v) is 5.05. The van der Waals surface area contributed by atoms with Crippen LogP contribution in [0.1, 0.15) is 17.3 Å². The molecule has 0 fully saturated rings. The molecule has 0 radical (unpaired) electrons. The standard InChI is InChI=1S/C15H22N4O/c1-19(2)11-15(16-10-13-8-9-17-18-13)12-4-6-14(20-3)7-5-12/h4-9,15-16H,10-11H2,1-3H3,(H,17,18). The van der Waals surface area contributed by atoms with Crippen LogP contribution in [-0.2, 0) is 6.54 Å². The molecule has 0 aliphatic carbocycles. The summed E-state index contributed by atoms with van der Waals surface area (Å²) in [5.74, 6) is 0.880. The van der Waals surface area contributed by atoms with Crippen LogP contribution in [0.3, 0.4) is 0 Å². The minimum atomic E-state index is 0.263. The molecule has 108 valence electrons. The number of hydrogen-bond acceptors (Lipinski definition) is 4. The van der Waals surface area contributed by atoms with Crippen molar-refractivity contribution < 1.29 is 4.74 Å². The van der Waals surface area contributed by atoms with Crippen LogP contribution in [0.15, 0.2) is 36.5 Å². The first kappa shape index (κ1) is 14.6. The lowest BCUT2D eigenvalue weighted by Gasteiger charge is -2.23. The van der Waals surface area contributed by atoms with Gasteiger partial charge in [0, 0.05) is 31.0 Å². The van der Waals surface area contributed by atoms with E-state index in [2.05, 4.69) is 46.6 Å². The van der Waals surface area contributed by atoms with E-state index in [4.69, 9.17) is 4.74 Å². The normalized spacial score (nSPS) is 12.6. The molecule has 1 heterocycles. The first-order chi connectivity index (χ1) is 9.69. The maximum Gasteiger partial charge on any atom is 0.118 e. The summed E-state index contributed by atoms with van der Waals surface area (Å²) in [6, 6.07) is 10.4. The Morgan fingerprint density at radius 1 is 1.25 bits per heavy atom. The molecular weight excluding hydrogens is 252 g/mol. The minimum Gasteiger partial charge on any atom is -0.497 e. The van der Waals surface area contributed by atoms with Crippen LogP contribution in [-0.4, -0.2) is 42.8 Å². The van der Waals surface area contributed by atoms with Gasteiger partial charge in [0.1, 0.15) is 5.75 Å². The van der Waals surface area contributed by atoms with Crippen LogP contribution >= 0.6 is 0 Å². The first-order valence-corrected chi connectivity index (χ1v) is 6.69. The Bertz CT molecular complexity index is 493. The zero-order valence-corrected chi connectivity index (χ0v) is 12.3. The number of likely N-dealkylation sites (N-methyl/N-ethyl adjacent to an activating group) is 1. The summed E-state index contributed by atoms with van der Waals surface area (Å²) in [5, 5.41) is 10.5. The van der Waals surface area contributed by atoms with Crippen LogP contribution in [0.5, 0.6) is 5.75 Å². The molecule has 0 saturated carbocycles. The molecule has 2 aromatic rings. The van der Waals surface area contributed by atoms with Crippen LogP contribution < -0.4 is 10.1 Å². The molecule has 5 heteroatoms. The van der Waals surface area contributed by atoms with Gasteiger partial charge in [-0.15, -0.1) is 0 Å². The molecule has 2 rings (SSSR count). The third-order valence-electron chi connectivity index (χ3n) is 3.16. The second kappa shape index (κ2) is 7.07. The lowest BCUT2D eigenvalue weighted by molar-refractivity contribution is 0.339. The van der Waals surface area contributed by atoms with Gasteiger partial charge in [-0.05, 0) is 37.9 Å². The molecular formula is C15H22N4O. The number of H-pyrrole nitrogens is 1. The summed E-state index contributed by atoms with van der Waals surface area (Å²) in [4.78, 5) is 2.18. The highest BCUT2D eigenvalue weighted by Gasteiger charge is 2.12. The van der Waals surface area contributed by atoms with Crippen molar-refractivity contribution in [2.24, 2.45) is 0 Å². The largest absolute Gasteiger partial charge is 0.497 e. The van der Waals surface area contributed by atoms with Gasteiger partial charge in [-0.25, -0.2) is 0 Å². The van der Waals surface area contributed by atoms with Gasteiger partial charge in [-0.1, -0.05) is 12.1 Å². The number of benzene rings is 1. The van der Waals surface area contributed by atoms with E-state index in [9.17, 15) is 0 Å².